The summed E-state index contributed by atoms with van der Waals surface area (Å²) >= 11 is 0. The summed E-state index contributed by atoms with van der Waals surface area (Å²) in [6.45, 7) is 4.84. The predicted molar refractivity (Wildman–Crippen MR) is 86.5 cm³/mol. The maximum Gasteiger partial charge on any atom is 0.328 e. The largest absolute Gasteiger partial charge is 0.467 e. The fraction of sp³-hybridized carbons (Fsp3) is 0.471. The van der Waals surface area contributed by atoms with Crippen molar-refractivity contribution in [1.82, 2.24) is 10.6 Å². The van der Waals surface area contributed by atoms with E-state index in [2.05, 4.69) is 15.4 Å². The number of rotatable bonds is 7. The van der Waals surface area contributed by atoms with E-state index in [0.29, 0.717) is 0 Å². The second kappa shape index (κ2) is 9.00. The second-order valence-corrected chi connectivity index (χ2v) is 5.80. The quantitative estimate of drug-likeness (QED) is 0.732. The van der Waals surface area contributed by atoms with E-state index < -0.39 is 29.8 Å². The highest BCUT2D eigenvalue weighted by atomic mass is 19.1. The molecule has 0 saturated heterocycles. The van der Waals surface area contributed by atoms with Crippen molar-refractivity contribution in [3.8, 4) is 0 Å². The van der Waals surface area contributed by atoms with Crippen LogP contribution in [-0.2, 0) is 25.5 Å². The SMILES string of the molecule is COC(=O)[C@@H](Cc1ccccc1F)NC(=O)[C@H](NC(C)=O)C(C)C. The number of carbonyl (C=O) groups excluding carboxylic acids is 3. The number of halogens is 1. The summed E-state index contributed by atoms with van der Waals surface area (Å²) in [6, 6.07) is 4.15. The molecule has 0 aliphatic rings. The van der Waals surface area contributed by atoms with Gasteiger partial charge in [0, 0.05) is 13.3 Å². The number of esters is 1. The van der Waals surface area contributed by atoms with E-state index in [1.807, 2.05) is 0 Å². The smallest absolute Gasteiger partial charge is 0.328 e. The molecule has 1 aromatic carbocycles. The Morgan fingerprint density at radius 3 is 2.29 bits per heavy atom. The van der Waals surface area contributed by atoms with Gasteiger partial charge in [0.1, 0.15) is 17.9 Å². The Kier molecular flexibility index (Phi) is 7.35. The summed E-state index contributed by atoms with van der Waals surface area (Å²) in [5, 5.41) is 5.07. The number of benzene rings is 1. The molecule has 1 aromatic rings. The summed E-state index contributed by atoms with van der Waals surface area (Å²) in [4.78, 5) is 35.6. The van der Waals surface area contributed by atoms with Gasteiger partial charge in [-0.2, -0.15) is 0 Å². The number of carbonyl (C=O) groups is 3. The number of hydrogen-bond donors (Lipinski definition) is 2. The third-order valence-electron chi connectivity index (χ3n) is 3.49. The maximum atomic E-state index is 13.8. The number of hydrogen-bond acceptors (Lipinski definition) is 4. The van der Waals surface area contributed by atoms with Crippen LogP contribution in [0.15, 0.2) is 24.3 Å². The van der Waals surface area contributed by atoms with Gasteiger partial charge in [-0.25, -0.2) is 9.18 Å². The summed E-state index contributed by atoms with van der Waals surface area (Å²) in [6.07, 6.45) is -0.0457. The van der Waals surface area contributed by atoms with Crippen LogP contribution in [0, 0.1) is 11.7 Å². The monoisotopic (exact) mass is 338 g/mol. The van der Waals surface area contributed by atoms with Crippen LogP contribution in [0.4, 0.5) is 4.39 Å². The molecule has 6 nitrogen and oxygen atoms in total. The number of amides is 2. The molecular weight excluding hydrogens is 315 g/mol. The van der Waals surface area contributed by atoms with Gasteiger partial charge >= 0.3 is 5.97 Å². The molecule has 2 N–H and O–H groups in total. The summed E-state index contributed by atoms with van der Waals surface area (Å²) in [5.41, 5.74) is 0.286. The van der Waals surface area contributed by atoms with Crippen molar-refractivity contribution in [3.05, 3.63) is 35.6 Å². The van der Waals surface area contributed by atoms with Crippen molar-refractivity contribution in [2.24, 2.45) is 5.92 Å². The lowest BCUT2D eigenvalue weighted by Crippen LogP contribution is -2.54. The second-order valence-electron chi connectivity index (χ2n) is 5.80. The molecule has 0 aliphatic heterocycles. The van der Waals surface area contributed by atoms with E-state index in [1.54, 1.807) is 19.9 Å². The zero-order chi connectivity index (χ0) is 18.3. The van der Waals surface area contributed by atoms with Crippen molar-refractivity contribution in [2.45, 2.75) is 39.3 Å². The molecule has 0 aliphatic carbocycles. The molecule has 0 bridgehead atoms. The highest BCUT2D eigenvalue weighted by molar-refractivity contribution is 5.90. The third kappa shape index (κ3) is 5.64. The van der Waals surface area contributed by atoms with E-state index in [-0.39, 0.29) is 23.8 Å². The van der Waals surface area contributed by atoms with Gasteiger partial charge in [0.05, 0.1) is 7.11 Å². The first-order chi connectivity index (χ1) is 11.3. The Labute approximate surface area is 140 Å². The minimum absolute atomic E-state index is 0.0457. The zero-order valence-corrected chi connectivity index (χ0v) is 14.3. The molecule has 24 heavy (non-hydrogen) atoms. The Morgan fingerprint density at radius 2 is 1.79 bits per heavy atom. The maximum absolute atomic E-state index is 13.8. The molecule has 0 aromatic heterocycles. The highest BCUT2D eigenvalue weighted by Crippen LogP contribution is 2.11. The van der Waals surface area contributed by atoms with Crippen LogP contribution >= 0.6 is 0 Å². The minimum Gasteiger partial charge on any atom is -0.467 e. The van der Waals surface area contributed by atoms with Crippen LogP contribution in [0.2, 0.25) is 0 Å². The topological polar surface area (TPSA) is 84.5 Å². The molecule has 0 unspecified atom stereocenters. The molecule has 1 rings (SSSR count). The molecule has 0 radical (unpaired) electrons. The van der Waals surface area contributed by atoms with Crippen molar-refractivity contribution in [2.75, 3.05) is 7.11 Å². The molecule has 2 amide bonds. The first-order valence-corrected chi connectivity index (χ1v) is 7.65. The molecule has 7 heteroatoms. The summed E-state index contributed by atoms with van der Waals surface area (Å²) in [7, 11) is 1.19. The minimum atomic E-state index is -1.05. The lowest BCUT2D eigenvalue weighted by molar-refractivity contribution is -0.145. The molecular formula is C17H23FN2O4. The van der Waals surface area contributed by atoms with E-state index >= 15 is 0 Å². The van der Waals surface area contributed by atoms with Gasteiger partial charge in [-0.15, -0.1) is 0 Å². The molecule has 0 fully saturated rings. The van der Waals surface area contributed by atoms with Crippen LogP contribution in [-0.4, -0.2) is 37.0 Å². The van der Waals surface area contributed by atoms with Crippen molar-refractivity contribution >= 4 is 17.8 Å². The highest BCUT2D eigenvalue weighted by Gasteiger charge is 2.29. The van der Waals surface area contributed by atoms with Gasteiger partial charge in [0.25, 0.3) is 0 Å². The van der Waals surface area contributed by atoms with E-state index in [0.717, 1.165) is 0 Å². The molecule has 2 atom stereocenters. The van der Waals surface area contributed by atoms with Gasteiger partial charge in [-0.3, -0.25) is 9.59 Å². The van der Waals surface area contributed by atoms with E-state index in [9.17, 15) is 18.8 Å². The fourth-order valence-corrected chi connectivity index (χ4v) is 2.23. The van der Waals surface area contributed by atoms with Gasteiger partial charge in [-0.1, -0.05) is 32.0 Å². The van der Waals surface area contributed by atoms with E-state index in [4.69, 9.17) is 0 Å². The molecule has 0 heterocycles. The van der Waals surface area contributed by atoms with Gasteiger partial charge in [0.2, 0.25) is 11.8 Å². The molecule has 0 spiro atoms. The zero-order valence-electron chi connectivity index (χ0n) is 14.3. The molecule has 132 valence electrons. The van der Waals surface area contributed by atoms with Gasteiger partial charge in [0.15, 0.2) is 0 Å². The van der Waals surface area contributed by atoms with Crippen LogP contribution in [0.25, 0.3) is 0 Å². The summed E-state index contributed by atoms with van der Waals surface area (Å²) < 4.78 is 18.5. The van der Waals surface area contributed by atoms with Crippen molar-refractivity contribution in [1.29, 1.82) is 0 Å². The van der Waals surface area contributed by atoms with Crippen LogP contribution in [0.5, 0.6) is 0 Å². The van der Waals surface area contributed by atoms with Gasteiger partial charge < -0.3 is 15.4 Å². The lowest BCUT2D eigenvalue weighted by Gasteiger charge is -2.24. The Bertz CT molecular complexity index is 604. The number of methoxy groups -OCH3 is 1. The number of nitrogens with one attached hydrogen (secondary N) is 2. The molecule has 0 saturated carbocycles. The fourth-order valence-electron chi connectivity index (χ4n) is 2.23. The van der Waals surface area contributed by atoms with E-state index in [1.165, 1.54) is 32.2 Å². The van der Waals surface area contributed by atoms with Gasteiger partial charge in [-0.05, 0) is 17.5 Å². The van der Waals surface area contributed by atoms with Crippen molar-refractivity contribution in [3.63, 3.8) is 0 Å². The predicted octanol–water partition coefficient (Wildman–Crippen LogP) is 1.19. The Balaban J connectivity index is 2.93. The van der Waals surface area contributed by atoms with Crippen molar-refractivity contribution < 1.29 is 23.5 Å². The number of ether oxygens (including phenoxy) is 1. The lowest BCUT2D eigenvalue weighted by atomic mass is 10.0. The Hall–Kier alpha value is -2.44. The average Bonchev–Trinajstić information content (AvgIpc) is 2.52. The summed E-state index contributed by atoms with van der Waals surface area (Å²) in [5.74, 6) is -2.21. The standard InChI is InChI=1S/C17H23FN2O4/c1-10(2)15(19-11(3)21)16(22)20-14(17(23)24-4)9-12-7-5-6-8-13(12)18/h5-8,10,14-15H,9H2,1-4H3,(H,19,21)(H,20,22)/t14-,15-/m1/s1. The average molecular weight is 338 g/mol. The van der Waals surface area contributed by atoms with Crippen LogP contribution in [0.3, 0.4) is 0 Å². The first-order valence-electron chi connectivity index (χ1n) is 7.65. The third-order valence-corrected chi connectivity index (χ3v) is 3.49. The normalized spacial score (nSPS) is 13.1. The first kappa shape index (κ1) is 19.6. The van der Waals surface area contributed by atoms with Crippen LogP contribution < -0.4 is 10.6 Å². The Morgan fingerprint density at radius 1 is 1.17 bits per heavy atom. The van der Waals surface area contributed by atoms with Crippen LogP contribution in [0.1, 0.15) is 26.3 Å².